The van der Waals surface area contributed by atoms with Gasteiger partial charge in [-0.3, -0.25) is 19.3 Å². The largest absolute Gasteiger partial charge is 0.341 e. The Labute approximate surface area is 159 Å². The Bertz CT molecular complexity index is 748. The number of piperidine rings is 1. The summed E-state index contributed by atoms with van der Waals surface area (Å²) in [6.07, 6.45) is 3.16. The first-order valence-corrected chi connectivity index (χ1v) is 8.94. The first kappa shape index (κ1) is 18.9. The van der Waals surface area contributed by atoms with Crippen molar-refractivity contribution < 1.29 is 14.4 Å². The number of carbonyl (C=O) groups is 3. The third-order valence-corrected chi connectivity index (χ3v) is 5.93. The van der Waals surface area contributed by atoms with Crippen LogP contribution in [-0.4, -0.2) is 60.2 Å². The highest BCUT2D eigenvalue weighted by Crippen LogP contribution is 2.37. The fourth-order valence-electron chi connectivity index (χ4n) is 4.24. The Hall–Kier alpha value is -1.92. The smallest absolute Gasteiger partial charge is 0.262 e. The summed E-state index contributed by atoms with van der Waals surface area (Å²) in [6.45, 7) is 5.24. The van der Waals surface area contributed by atoms with Crippen LogP contribution in [0, 0.1) is 12.3 Å². The molecule has 0 atom stereocenters. The van der Waals surface area contributed by atoms with Crippen molar-refractivity contribution in [3.63, 3.8) is 0 Å². The maximum absolute atomic E-state index is 12.6. The topological polar surface area (TPSA) is 69.7 Å². The highest BCUT2D eigenvalue weighted by atomic mass is 35.5. The van der Waals surface area contributed by atoms with E-state index in [0.717, 1.165) is 36.4 Å². The number of likely N-dealkylation sites (tertiary alicyclic amines) is 1. The van der Waals surface area contributed by atoms with E-state index in [-0.39, 0.29) is 36.7 Å². The second kappa shape index (κ2) is 7.00. The van der Waals surface area contributed by atoms with E-state index in [4.69, 9.17) is 0 Å². The van der Waals surface area contributed by atoms with Gasteiger partial charge in [-0.05, 0) is 50.3 Å². The maximum Gasteiger partial charge on any atom is 0.262 e. The number of amides is 3. The summed E-state index contributed by atoms with van der Waals surface area (Å²) in [4.78, 5) is 40.5. The van der Waals surface area contributed by atoms with Crippen LogP contribution in [0.2, 0.25) is 0 Å². The second-order valence-electron chi connectivity index (χ2n) is 7.55. The normalized spacial score (nSPS) is 21.1. The zero-order valence-electron chi connectivity index (χ0n) is 14.9. The van der Waals surface area contributed by atoms with Crippen molar-refractivity contribution >= 4 is 30.1 Å². The second-order valence-corrected chi connectivity index (χ2v) is 7.55. The number of imide groups is 1. The number of benzene rings is 1. The van der Waals surface area contributed by atoms with Gasteiger partial charge in [0.15, 0.2) is 0 Å². The van der Waals surface area contributed by atoms with Gasteiger partial charge in [-0.25, -0.2) is 0 Å². The number of aryl methyl sites for hydroxylation is 1. The van der Waals surface area contributed by atoms with Gasteiger partial charge in [0, 0.05) is 19.6 Å². The van der Waals surface area contributed by atoms with Crippen LogP contribution >= 0.6 is 12.4 Å². The average molecular weight is 378 g/mol. The third kappa shape index (κ3) is 3.12. The van der Waals surface area contributed by atoms with Crippen molar-refractivity contribution in [2.75, 3.05) is 32.7 Å². The molecule has 0 bridgehead atoms. The molecule has 0 radical (unpaired) electrons. The summed E-state index contributed by atoms with van der Waals surface area (Å²) in [5, 5.41) is 3.41. The number of rotatable bonds is 2. The number of fused-ring (bicyclic) bond motifs is 1. The summed E-state index contributed by atoms with van der Waals surface area (Å²) >= 11 is 0. The number of carbonyl (C=O) groups excluding carboxylic acids is 3. The van der Waals surface area contributed by atoms with Gasteiger partial charge in [-0.1, -0.05) is 11.6 Å². The molecule has 4 rings (SSSR count). The summed E-state index contributed by atoms with van der Waals surface area (Å²) in [6, 6.07) is 5.21. The molecular weight excluding hydrogens is 354 g/mol. The zero-order valence-corrected chi connectivity index (χ0v) is 15.7. The molecule has 2 saturated heterocycles. The number of halogens is 1. The molecule has 140 valence electrons. The number of hydrogen-bond donors (Lipinski definition) is 1. The molecular formula is C19H24ClN3O3. The van der Waals surface area contributed by atoms with Gasteiger partial charge in [0.1, 0.15) is 6.54 Å². The van der Waals surface area contributed by atoms with E-state index in [1.807, 2.05) is 13.0 Å². The van der Waals surface area contributed by atoms with Gasteiger partial charge in [-0.15, -0.1) is 12.4 Å². The van der Waals surface area contributed by atoms with Crippen molar-refractivity contribution in [3.8, 4) is 0 Å². The molecule has 6 nitrogen and oxygen atoms in total. The van der Waals surface area contributed by atoms with Crippen LogP contribution in [0.4, 0.5) is 0 Å². The van der Waals surface area contributed by atoms with Gasteiger partial charge < -0.3 is 10.2 Å². The summed E-state index contributed by atoms with van der Waals surface area (Å²) in [7, 11) is 0. The lowest BCUT2D eigenvalue weighted by Crippen LogP contribution is -2.48. The Morgan fingerprint density at radius 3 is 2.46 bits per heavy atom. The Morgan fingerprint density at radius 2 is 1.81 bits per heavy atom. The minimum atomic E-state index is -0.359. The van der Waals surface area contributed by atoms with Gasteiger partial charge in [0.2, 0.25) is 5.91 Å². The van der Waals surface area contributed by atoms with Crippen LogP contribution < -0.4 is 5.32 Å². The van der Waals surface area contributed by atoms with E-state index >= 15 is 0 Å². The monoisotopic (exact) mass is 377 g/mol. The SMILES string of the molecule is Cc1ccc2c(c1)C(=O)N(CC(=O)N1CCC3(CCNC3)CC1)C2=O.Cl. The first-order chi connectivity index (χ1) is 12.0. The number of nitrogens with one attached hydrogen (secondary N) is 1. The van der Waals surface area contributed by atoms with E-state index < -0.39 is 0 Å². The van der Waals surface area contributed by atoms with Crippen LogP contribution in [0.3, 0.4) is 0 Å². The average Bonchev–Trinajstić information content (AvgIpc) is 3.14. The lowest BCUT2D eigenvalue weighted by molar-refractivity contribution is -0.133. The van der Waals surface area contributed by atoms with Crippen molar-refractivity contribution in [1.29, 1.82) is 0 Å². The van der Waals surface area contributed by atoms with Crippen LogP contribution in [0.5, 0.6) is 0 Å². The van der Waals surface area contributed by atoms with E-state index in [0.29, 0.717) is 29.6 Å². The predicted molar refractivity (Wildman–Crippen MR) is 99.5 cm³/mol. The molecule has 0 unspecified atom stereocenters. The molecule has 3 aliphatic rings. The zero-order chi connectivity index (χ0) is 17.6. The lowest BCUT2D eigenvalue weighted by Gasteiger charge is -2.39. The summed E-state index contributed by atoms with van der Waals surface area (Å²) < 4.78 is 0. The van der Waals surface area contributed by atoms with Gasteiger partial charge in [0.05, 0.1) is 11.1 Å². The van der Waals surface area contributed by atoms with E-state index in [1.165, 1.54) is 6.42 Å². The molecule has 0 aromatic heterocycles. The van der Waals surface area contributed by atoms with E-state index in [9.17, 15) is 14.4 Å². The highest BCUT2D eigenvalue weighted by molar-refractivity contribution is 6.22. The van der Waals surface area contributed by atoms with Crippen molar-refractivity contribution in [2.24, 2.45) is 5.41 Å². The van der Waals surface area contributed by atoms with Crippen LogP contribution in [-0.2, 0) is 4.79 Å². The van der Waals surface area contributed by atoms with Crippen LogP contribution in [0.25, 0.3) is 0 Å². The standard InChI is InChI=1S/C19H23N3O3.ClH/c1-13-2-3-14-15(10-13)18(25)22(17(14)24)11-16(23)21-8-5-19(6-9-21)4-7-20-12-19;/h2-3,10,20H,4-9,11-12H2,1H3;1H. The maximum atomic E-state index is 12.6. The molecule has 2 fully saturated rings. The molecule has 3 amide bonds. The first-order valence-electron chi connectivity index (χ1n) is 8.94. The van der Waals surface area contributed by atoms with Crippen LogP contribution in [0.15, 0.2) is 18.2 Å². The third-order valence-electron chi connectivity index (χ3n) is 5.93. The Morgan fingerprint density at radius 1 is 1.12 bits per heavy atom. The quantitative estimate of drug-likeness (QED) is 0.795. The molecule has 0 aliphatic carbocycles. The minimum absolute atomic E-state index is 0. The van der Waals surface area contributed by atoms with Gasteiger partial charge in [0.25, 0.3) is 11.8 Å². The fourth-order valence-corrected chi connectivity index (χ4v) is 4.24. The lowest BCUT2D eigenvalue weighted by atomic mass is 9.78. The van der Waals surface area contributed by atoms with Crippen LogP contribution in [0.1, 0.15) is 45.5 Å². The molecule has 26 heavy (non-hydrogen) atoms. The van der Waals surface area contributed by atoms with Crippen molar-refractivity contribution in [1.82, 2.24) is 15.1 Å². The highest BCUT2D eigenvalue weighted by Gasteiger charge is 2.40. The summed E-state index contributed by atoms with van der Waals surface area (Å²) in [5.74, 6) is -0.848. The van der Waals surface area contributed by atoms with E-state index in [2.05, 4.69) is 5.32 Å². The predicted octanol–water partition coefficient (Wildman–Crippen LogP) is 1.61. The summed E-state index contributed by atoms with van der Waals surface area (Å²) in [5.41, 5.74) is 2.08. The van der Waals surface area contributed by atoms with Crippen molar-refractivity contribution in [2.45, 2.75) is 26.2 Å². The van der Waals surface area contributed by atoms with Crippen molar-refractivity contribution in [3.05, 3.63) is 34.9 Å². The molecule has 0 saturated carbocycles. The minimum Gasteiger partial charge on any atom is -0.341 e. The Balaban J connectivity index is 0.00000196. The molecule has 1 aromatic carbocycles. The molecule has 1 N–H and O–H groups in total. The Kier molecular flexibility index (Phi) is 5.08. The van der Waals surface area contributed by atoms with Gasteiger partial charge in [-0.2, -0.15) is 0 Å². The molecule has 3 aliphatic heterocycles. The molecule has 3 heterocycles. The number of nitrogens with zero attached hydrogens (tertiary/aromatic N) is 2. The van der Waals surface area contributed by atoms with Gasteiger partial charge >= 0.3 is 0 Å². The molecule has 7 heteroatoms. The fraction of sp³-hybridized carbons (Fsp3) is 0.526. The molecule has 1 spiro atoms. The molecule has 1 aromatic rings. The van der Waals surface area contributed by atoms with E-state index in [1.54, 1.807) is 17.0 Å². The number of hydrogen-bond acceptors (Lipinski definition) is 4.